The van der Waals surface area contributed by atoms with Gasteiger partial charge >= 0.3 is 6.09 Å². The zero-order valence-corrected chi connectivity index (χ0v) is 14.1. The molecule has 21 heavy (non-hydrogen) atoms. The van der Waals surface area contributed by atoms with Crippen molar-refractivity contribution in [2.75, 3.05) is 46.4 Å². The zero-order chi connectivity index (χ0) is 15.9. The molecule has 6 nitrogen and oxygen atoms in total. The Labute approximate surface area is 128 Å². The molecular weight excluding hydrogens is 268 g/mol. The molecule has 122 valence electrons. The van der Waals surface area contributed by atoms with Crippen molar-refractivity contribution < 1.29 is 9.53 Å². The van der Waals surface area contributed by atoms with Crippen molar-refractivity contribution in [1.82, 2.24) is 15.1 Å². The molecule has 1 heterocycles. The maximum Gasteiger partial charge on any atom is 0.409 e. The predicted molar refractivity (Wildman–Crippen MR) is 85.6 cm³/mol. The summed E-state index contributed by atoms with van der Waals surface area (Å²) in [5.74, 6) is 0.919. The summed E-state index contributed by atoms with van der Waals surface area (Å²) in [6, 6.07) is 0. The normalized spacial score (nSPS) is 16.9. The van der Waals surface area contributed by atoms with E-state index in [-0.39, 0.29) is 6.09 Å². The Bertz CT molecular complexity index is 355. The lowest BCUT2D eigenvalue weighted by Crippen LogP contribution is -2.54. The van der Waals surface area contributed by atoms with Crippen LogP contribution in [0.2, 0.25) is 0 Å². The van der Waals surface area contributed by atoms with E-state index in [1.165, 1.54) is 0 Å². The molecule has 0 saturated carbocycles. The third-order valence-corrected chi connectivity index (χ3v) is 3.48. The Kier molecular flexibility index (Phi) is 6.78. The van der Waals surface area contributed by atoms with Crippen LogP contribution in [-0.4, -0.2) is 68.2 Å². The van der Waals surface area contributed by atoms with Gasteiger partial charge in [0.2, 0.25) is 0 Å². The number of carbonyl (C=O) groups is 1. The second kappa shape index (κ2) is 8.10. The van der Waals surface area contributed by atoms with Gasteiger partial charge in [0.15, 0.2) is 5.96 Å². The van der Waals surface area contributed by atoms with E-state index in [2.05, 4.69) is 36.0 Å². The third-order valence-electron chi connectivity index (χ3n) is 3.48. The van der Waals surface area contributed by atoms with Gasteiger partial charge in [0.1, 0.15) is 0 Å². The fourth-order valence-electron chi connectivity index (χ4n) is 2.20. The van der Waals surface area contributed by atoms with Crippen LogP contribution < -0.4 is 5.32 Å². The average molecular weight is 298 g/mol. The molecule has 1 fully saturated rings. The molecule has 6 heteroatoms. The van der Waals surface area contributed by atoms with Crippen molar-refractivity contribution in [1.29, 1.82) is 0 Å². The molecule has 0 aromatic heterocycles. The summed E-state index contributed by atoms with van der Waals surface area (Å²) in [5, 5.41) is 3.41. The second-order valence-electron chi connectivity index (χ2n) is 6.46. The number of amides is 1. The van der Waals surface area contributed by atoms with Crippen molar-refractivity contribution in [2.45, 2.75) is 34.1 Å². The van der Waals surface area contributed by atoms with E-state index in [1.807, 2.05) is 6.92 Å². The van der Waals surface area contributed by atoms with Crippen molar-refractivity contribution >= 4 is 12.1 Å². The Hall–Kier alpha value is -1.46. The molecule has 0 aromatic rings. The summed E-state index contributed by atoms with van der Waals surface area (Å²) in [6.07, 6.45) is 0.877. The molecule has 0 unspecified atom stereocenters. The van der Waals surface area contributed by atoms with E-state index in [4.69, 9.17) is 4.74 Å². The van der Waals surface area contributed by atoms with E-state index in [9.17, 15) is 4.79 Å². The smallest absolute Gasteiger partial charge is 0.409 e. The molecule has 0 atom stereocenters. The Balaban J connectivity index is 2.39. The minimum atomic E-state index is -0.215. The van der Waals surface area contributed by atoms with Crippen LogP contribution in [0.1, 0.15) is 34.1 Å². The molecular formula is C15H30N4O2. The quantitative estimate of drug-likeness (QED) is 0.637. The van der Waals surface area contributed by atoms with Gasteiger partial charge in [0.25, 0.3) is 0 Å². The van der Waals surface area contributed by atoms with Crippen LogP contribution in [0.5, 0.6) is 0 Å². The van der Waals surface area contributed by atoms with Crippen LogP contribution in [0, 0.1) is 5.41 Å². The first-order valence-electron chi connectivity index (χ1n) is 7.74. The molecule has 1 amide bonds. The number of piperazine rings is 1. The third kappa shape index (κ3) is 6.23. The molecule has 1 aliphatic heterocycles. The average Bonchev–Trinajstić information content (AvgIpc) is 2.43. The van der Waals surface area contributed by atoms with Crippen molar-refractivity contribution in [3.63, 3.8) is 0 Å². The molecule has 0 aliphatic carbocycles. The number of nitrogens with one attached hydrogen (secondary N) is 1. The van der Waals surface area contributed by atoms with E-state index in [0.717, 1.165) is 32.0 Å². The van der Waals surface area contributed by atoms with Crippen LogP contribution in [0.3, 0.4) is 0 Å². The van der Waals surface area contributed by atoms with Gasteiger partial charge in [-0.15, -0.1) is 0 Å². The number of carbonyl (C=O) groups excluding carboxylic acids is 1. The molecule has 0 aromatic carbocycles. The van der Waals surface area contributed by atoms with Crippen LogP contribution in [0.15, 0.2) is 4.99 Å². The number of rotatable bonds is 3. The van der Waals surface area contributed by atoms with Crippen LogP contribution in [0.25, 0.3) is 0 Å². The number of hydrogen-bond acceptors (Lipinski definition) is 3. The minimum absolute atomic E-state index is 0.215. The predicted octanol–water partition coefficient (Wildman–Crippen LogP) is 1.77. The van der Waals surface area contributed by atoms with Crippen LogP contribution >= 0.6 is 0 Å². The van der Waals surface area contributed by atoms with E-state index >= 15 is 0 Å². The van der Waals surface area contributed by atoms with E-state index < -0.39 is 0 Å². The Morgan fingerprint density at radius 2 is 1.76 bits per heavy atom. The summed E-state index contributed by atoms with van der Waals surface area (Å²) < 4.78 is 5.03. The summed E-state index contributed by atoms with van der Waals surface area (Å²) in [5.41, 5.74) is 0.314. The maximum atomic E-state index is 11.7. The van der Waals surface area contributed by atoms with Gasteiger partial charge in [-0.2, -0.15) is 0 Å². The molecule has 1 N–H and O–H groups in total. The topological polar surface area (TPSA) is 57.2 Å². The lowest BCUT2D eigenvalue weighted by molar-refractivity contribution is 0.0914. The van der Waals surface area contributed by atoms with Crippen molar-refractivity contribution in [3.8, 4) is 0 Å². The number of hydrogen-bond donors (Lipinski definition) is 1. The summed E-state index contributed by atoms with van der Waals surface area (Å²) in [7, 11) is 1.80. The van der Waals surface area contributed by atoms with Gasteiger partial charge in [-0.3, -0.25) is 4.99 Å². The first-order valence-corrected chi connectivity index (χ1v) is 7.74. The van der Waals surface area contributed by atoms with Gasteiger partial charge in [0, 0.05) is 39.8 Å². The molecule has 0 spiro atoms. The highest BCUT2D eigenvalue weighted by Crippen LogP contribution is 2.17. The lowest BCUT2D eigenvalue weighted by Gasteiger charge is -2.36. The van der Waals surface area contributed by atoms with Crippen LogP contribution in [0.4, 0.5) is 4.79 Å². The fraction of sp³-hybridized carbons (Fsp3) is 0.867. The highest BCUT2D eigenvalue weighted by Gasteiger charge is 2.23. The minimum Gasteiger partial charge on any atom is -0.450 e. The highest BCUT2D eigenvalue weighted by molar-refractivity contribution is 5.80. The molecule has 0 bridgehead atoms. The molecule has 1 aliphatic rings. The first-order chi connectivity index (χ1) is 9.87. The van der Waals surface area contributed by atoms with Gasteiger partial charge in [-0.05, 0) is 18.8 Å². The Morgan fingerprint density at radius 3 is 2.24 bits per heavy atom. The first kappa shape index (κ1) is 17.6. The largest absolute Gasteiger partial charge is 0.450 e. The number of aliphatic imine (C=N–C) groups is 1. The summed E-state index contributed by atoms with van der Waals surface area (Å²) >= 11 is 0. The second-order valence-corrected chi connectivity index (χ2v) is 6.46. The van der Waals surface area contributed by atoms with Gasteiger partial charge in [0.05, 0.1) is 6.61 Å². The van der Waals surface area contributed by atoms with E-state index in [0.29, 0.717) is 25.1 Å². The Morgan fingerprint density at radius 1 is 1.19 bits per heavy atom. The summed E-state index contributed by atoms with van der Waals surface area (Å²) in [6.45, 7) is 12.8. The lowest BCUT2D eigenvalue weighted by atomic mass is 9.92. The standard InChI is InChI=1S/C15H30N4O2/c1-6-21-14(20)19-11-9-18(10-12-19)13(16-5)17-8-7-15(2,3)4/h6-12H2,1-5H3,(H,16,17). The van der Waals surface area contributed by atoms with Gasteiger partial charge in [-0.25, -0.2) is 4.79 Å². The molecule has 1 saturated heterocycles. The number of nitrogens with zero attached hydrogens (tertiary/aromatic N) is 3. The van der Waals surface area contributed by atoms with Crippen LogP contribution in [-0.2, 0) is 4.74 Å². The van der Waals surface area contributed by atoms with Gasteiger partial charge < -0.3 is 19.9 Å². The van der Waals surface area contributed by atoms with Gasteiger partial charge in [-0.1, -0.05) is 20.8 Å². The monoisotopic (exact) mass is 298 g/mol. The zero-order valence-electron chi connectivity index (χ0n) is 14.1. The fourth-order valence-corrected chi connectivity index (χ4v) is 2.20. The van der Waals surface area contributed by atoms with Crippen molar-refractivity contribution in [3.05, 3.63) is 0 Å². The van der Waals surface area contributed by atoms with Crippen molar-refractivity contribution in [2.24, 2.45) is 10.4 Å². The molecule has 0 radical (unpaired) electrons. The SMILES string of the molecule is CCOC(=O)N1CCN(C(=NC)NCCC(C)(C)C)CC1. The highest BCUT2D eigenvalue weighted by atomic mass is 16.6. The summed E-state index contributed by atoms with van der Waals surface area (Å²) in [4.78, 5) is 19.9. The molecule has 1 rings (SSSR count). The number of guanidine groups is 1. The number of ether oxygens (including phenoxy) is 1. The maximum absolute atomic E-state index is 11.7. The van der Waals surface area contributed by atoms with E-state index in [1.54, 1.807) is 11.9 Å².